The molecule has 1 saturated carbocycles. The molecule has 3 unspecified atom stereocenters. The summed E-state index contributed by atoms with van der Waals surface area (Å²) in [5.74, 6) is -0.678. The zero-order valence-electron chi connectivity index (χ0n) is 13.0. The Balaban J connectivity index is 0.00000264. The van der Waals surface area contributed by atoms with Crippen LogP contribution in [0.1, 0.15) is 38.2 Å². The van der Waals surface area contributed by atoms with Gasteiger partial charge in [0, 0.05) is 16.4 Å². The highest BCUT2D eigenvalue weighted by Gasteiger charge is 2.34. The zero-order valence-corrected chi connectivity index (χ0v) is 15.5. The molecule has 0 spiro atoms. The summed E-state index contributed by atoms with van der Waals surface area (Å²) < 4.78 is 0.934. The highest BCUT2D eigenvalue weighted by atomic mass is 79.9. The van der Waals surface area contributed by atoms with Gasteiger partial charge in [0.25, 0.3) is 0 Å². The number of benzene rings is 1. The molecule has 2 rings (SSSR count). The second-order valence-corrected chi connectivity index (χ2v) is 7.06. The van der Waals surface area contributed by atoms with Crippen molar-refractivity contribution in [1.29, 1.82) is 0 Å². The number of hydrogen-bond acceptors (Lipinski definition) is 3. The Morgan fingerprint density at radius 1 is 1.26 bits per heavy atom. The standard InChI is InChI=1S/C16H22BrN3O2.ClH/c1-16(19,11-5-7-12(17)8-6-11)15(22)20-13-4-2-3-10(9-13)14(18)21;/h5-8,10,13H,2-4,9,19H2,1H3,(H2,18,21)(H,20,22);1H. The number of amides is 2. The minimum absolute atomic E-state index is 0. The van der Waals surface area contributed by atoms with E-state index in [0.29, 0.717) is 6.42 Å². The van der Waals surface area contributed by atoms with Gasteiger partial charge in [0.1, 0.15) is 5.54 Å². The van der Waals surface area contributed by atoms with Gasteiger partial charge >= 0.3 is 0 Å². The number of halogens is 2. The molecule has 5 nitrogen and oxygen atoms in total. The van der Waals surface area contributed by atoms with Gasteiger partial charge in [0.2, 0.25) is 11.8 Å². The molecule has 1 aliphatic carbocycles. The SMILES string of the molecule is CC(N)(C(=O)NC1CCCC(C(N)=O)C1)c1ccc(Br)cc1.Cl. The van der Waals surface area contributed by atoms with Crippen molar-refractivity contribution in [3.8, 4) is 0 Å². The summed E-state index contributed by atoms with van der Waals surface area (Å²) in [6, 6.07) is 7.33. The fourth-order valence-electron chi connectivity index (χ4n) is 2.84. The maximum absolute atomic E-state index is 12.5. The normalized spacial score (nSPS) is 23.3. The Bertz CT molecular complexity index is 563. The second kappa shape index (κ2) is 8.13. The van der Waals surface area contributed by atoms with Crippen LogP contribution in [0.15, 0.2) is 28.7 Å². The number of hydrogen-bond donors (Lipinski definition) is 3. The predicted molar refractivity (Wildman–Crippen MR) is 96.0 cm³/mol. The molecule has 1 fully saturated rings. The van der Waals surface area contributed by atoms with Crippen molar-refractivity contribution in [3.63, 3.8) is 0 Å². The van der Waals surface area contributed by atoms with E-state index >= 15 is 0 Å². The Morgan fingerprint density at radius 3 is 2.43 bits per heavy atom. The highest BCUT2D eigenvalue weighted by molar-refractivity contribution is 9.10. The quantitative estimate of drug-likeness (QED) is 0.717. The summed E-state index contributed by atoms with van der Waals surface area (Å²) in [5.41, 5.74) is 11.2. The van der Waals surface area contributed by atoms with E-state index in [1.165, 1.54) is 0 Å². The van der Waals surface area contributed by atoms with Crippen LogP contribution in [-0.2, 0) is 15.1 Å². The van der Waals surface area contributed by atoms with E-state index in [1.54, 1.807) is 6.92 Å². The van der Waals surface area contributed by atoms with Gasteiger partial charge in [-0.05, 0) is 43.9 Å². The number of rotatable bonds is 4. The Kier molecular flexibility index (Phi) is 7.04. The molecular formula is C16H23BrClN3O2. The van der Waals surface area contributed by atoms with Crippen LogP contribution >= 0.6 is 28.3 Å². The van der Waals surface area contributed by atoms with Crippen molar-refractivity contribution in [3.05, 3.63) is 34.3 Å². The number of primary amides is 1. The van der Waals surface area contributed by atoms with E-state index in [2.05, 4.69) is 21.2 Å². The predicted octanol–water partition coefficient (Wildman–Crippen LogP) is 2.21. The highest BCUT2D eigenvalue weighted by Crippen LogP contribution is 2.26. The van der Waals surface area contributed by atoms with Crippen LogP contribution in [0.3, 0.4) is 0 Å². The molecule has 1 aromatic rings. The lowest BCUT2D eigenvalue weighted by atomic mass is 9.84. The fourth-order valence-corrected chi connectivity index (χ4v) is 3.11. The van der Waals surface area contributed by atoms with Crippen molar-refractivity contribution >= 4 is 40.2 Å². The smallest absolute Gasteiger partial charge is 0.244 e. The summed E-state index contributed by atoms with van der Waals surface area (Å²) >= 11 is 3.36. The molecule has 5 N–H and O–H groups in total. The minimum atomic E-state index is -1.11. The number of carbonyl (C=O) groups excluding carboxylic acids is 2. The third kappa shape index (κ3) is 4.93. The van der Waals surface area contributed by atoms with Crippen molar-refractivity contribution < 1.29 is 9.59 Å². The van der Waals surface area contributed by atoms with E-state index in [9.17, 15) is 9.59 Å². The lowest BCUT2D eigenvalue weighted by Gasteiger charge is -2.32. The van der Waals surface area contributed by atoms with Crippen molar-refractivity contribution in [2.24, 2.45) is 17.4 Å². The van der Waals surface area contributed by atoms with Gasteiger partial charge in [-0.2, -0.15) is 0 Å². The fraction of sp³-hybridized carbons (Fsp3) is 0.500. The second-order valence-electron chi connectivity index (χ2n) is 6.15. The molecule has 0 saturated heterocycles. The van der Waals surface area contributed by atoms with Crippen LogP contribution < -0.4 is 16.8 Å². The maximum Gasteiger partial charge on any atom is 0.244 e. The maximum atomic E-state index is 12.5. The summed E-state index contributed by atoms with van der Waals surface area (Å²) in [4.78, 5) is 23.8. The molecule has 0 heterocycles. The molecule has 1 aromatic carbocycles. The molecule has 0 aliphatic heterocycles. The summed E-state index contributed by atoms with van der Waals surface area (Å²) in [5, 5.41) is 2.97. The van der Waals surface area contributed by atoms with Crippen LogP contribution in [-0.4, -0.2) is 17.9 Å². The molecule has 0 radical (unpaired) electrons. The average Bonchev–Trinajstić information content (AvgIpc) is 2.48. The first-order valence-corrected chi connectivity index (χ1v) is 8.25. The van der Waals surface area contributed by atoms with E-state index in [0.717, 1.165) is 29.3 Å². The molecule has 0 aromatic heterocycles. The van der Waals surface area contributed by atoms with Gasteiger partial charge in [0.15, 0.2) is 0 Å². The number of nitrogens with two attached hydrogens (primary N) is 2. The van der Waals surface area contributed by atoms with Crippen LogP contribution in [0.2, 0.25) is 0 Å². The van der Waals surface area contributed by atoms with E-state index in [4.69, 9.17) is 11.5 Å². The van der Waals surface area contributed by atoms with Crippen LogP contribution in [0.25, 0.3) is 0 Å². The Morgan fingerprint density at radius 2 is 1.87 bits per heavy atom. The number of nitrogens with one attached hydrogen (secondary N) is 1. The molecule has 7 heteroatoms. The summed E-state index contributed by atoms with van der Waals surface area (Å²) in [6.45, 7) is 1.69. The van der Waals surface area contributed by atoms with Crippen molar-refractivity contribution in [2.75, 3.05) is 0 Å². The molecule has 1 aliphatic rings. The third-order valence-corrected chi connectivity index (χ3v) is 4.86. The van der Waals surface area contributed by atoms with E-state index in [-0.39, 0.29) is 36.2 Å². The molecule has 0 bridgehead atoms. The molecule has 128 valence electrons. The molecule has 2 amide bonds. The van der Waals surface area contributed by atoms with Gasteiger partial charge in [-0.3, -0.25) is 9.59 Å². The van der Waals surface area contributed by atoms with Crippen LogP contribution in [0.5, 0.6) is 0 Å². The Hall–Kier alpha value is -1.11. The summed E-state index contributed by atoms with van der Waals surface area (Å²) in [6.07, 6.45) is 3.13. The van der Waals surface area contributed by atoms with Gasteiger partial charge in [-0.25, -0.2) is 0 Å². The first-order chi connectivity index (χ1) is 10.3. The topological polar surface area (TPSA) is 98.2 Å². The van der Waals surface area contributed by atoms with E-state index in [1.807, 2.05) is 24.3 Å². The van der Waals surface area contributed by atoms with Crippen molar-refractivity contribution in [2.45, 2.75) is 44.2 Å². The number of carbonyl (C=O) groups is 2. The van der Waals surface area contributed by atoms with Gasteiger partial charge in [0.05, 0.1) is 0 Å². The Labute approximate surface area is 151 Å². The largest absolute Gasteiger partial charge is 0.369 e. The van der Waals surface area contributed by atoms with Crippen LogP contribution in [0.4, 0.5) is 0 Å². The molecule has 3 atom stereocenters. The van der Waals surface area contributed by atoms with Gasteiger partial charge < -0.3 is 16.8 Å². The van der Waals surface area contributed by atoms with Gasteiger partial charge in [-0.15, -0.1) is 12.4 Å². The monoisotopic (exact) mass is 403 g/mol. The minimum Gasteiger partial charge on any atom is -0.369 e. The van der Waals surface area contributed by atoms with E-state index < -0.39 is 5.54 Å². The van der Waals surface area contributed by atoms with Gasteiger partial charge in [-0.1, -0.05) is 34.5 Å². The zero-order chi connectivity index (χ0) is 16.3. The lowest BCUT2D eigenvalue weighted by molar-refractivity contribution is -0.128. The average molecular weight is 405 g/mol. The third-order valence-electron chi connectivity index (χ3n) is 4.33. The first kappa shape index (κ1) is 19.9. The summed E-state index contributed by atoms with van der Waals surface area (Å²) in [7, 11) is 0. The lowest BCUT2D eigenvalue weighted by Crippen LogP contribution is -2.53. The first-order valence-electron chi connectivity index (χ1n) is 7.46. The molecular weight excluding hydrogens is 382 g/mol. The van der Waals surface area contributed by atoms with Crippen molar-refractivity contribution in [1.82, 2.24) is 5.32 Å². The molecule has 23 heavy (non-hydrogen) atoms. The van der Waals surface area contributed by atoms with Crippen LogP contribution in [0, 0.1) is 5.92 Å².